The third-order valence-corrected chi connectivity index (χ3v) is 2.73. The monoisotopic (exact) mass is 291 g/mol. The van der Waals surface area contributed by atoms with Gasteiger partial charge in [-0.2, -0.15) is 0 Å². The molecular weight excluding hydrogens is 280 g/mol. The zero-order chi connectivity index (χ0) is 12.1. The molecule has 1 amide bonds. The molecule has 1 aromatic carbocycles. The van der Waals surface area contributed by atoms with Crippen LogP contribution in [0.25, 0.3) is 0 Å². The first-order valence-electron chi connectivity index (χ1n) is 4.99. The molecule has 0 aliphatic heterocycles. The summed E-state index contributed by atoms with van der Waals surface area (Å²) in [5.41, 5.74) is 0.106. The number of unbranched alkanes of at least 4 members (excludes halogenated alkanes) is 1. The van der Waals surface area contributed by atoms with Gasteiger partial charge in [0.05, 0.1) is 5.56 Å². The summed E-state index contributed by atoms with van der Waals surface area (Å²) in [6, 6.07) is 1.84. The second-order valence-electron chi connectivity index (χ2n) is 3.36. The van der Waals surface area contributed by atoms with E-state index in [0.717, 1.165) is 25.0 Å². The molecular formula is C11H12BrF2NO. The lowest BCUT2D eigenvalue weighted by atomic mass is 10.2. The first kappa shape index (κ1) is 13.1. The van der Waals surface area contributed by atoms with Crippen LogP contribution < -0.4 is 5.32 Å². The number of rotatable bonds is 4. The largest absolute Gasteiger partial charge is 0.352 e. The molecule has 1 N–H and O–H groups in total. The highest BCUT2D eigenvalue weighted by Gasteiger charge is 2.13. The van der Waals surface area contributed by atoms with Crippen LogP contribution in [-0.4, -0.2) is 12.5 Å². The molecule has 0 heterocycles. The van der Waals surface area contributed by atoms with Crippen LogP contribution in [0, 0.1) is 11.6 Å². The number of carbonyl (C=O) groups excluding carboxylic acids is 1. The lowest BCUT2D eigenvalue weighted by molar-refractivity contribution is 0.0952. The zero-order valence-electron chi connectivity index (χ0n) is 8.82. The fourth-order valence-electron chi connectivity index (χ4n) is 1.17. The van der Waals surface area contributed by atoms with Crippen molar-refractivity contribution in [3.63, 3.8) is 0 Å². The van der Waals surface area contributed by atoms with E-state index in [9.17, 15) is 13.6 Å². The second-order valence-corrected chi connectivity index (χ2v) is 4.21. The van der Waals surface area contributed by atoms with Crippen molar-refractivity contribution in [3.05, 3.63) is 33.8 Å². The molecule has 0 saturated heterocycles. The maximum Gasteiger partial charge on any atom is 0.252 e. The highest BCUT2D eigenvalue weighted by molar-refractivity contribution is 9.10. The number of hydrogen-bond acceptors (Lipinski definition) is 1. The van der Waals surface area contributed by atoms with Crippen molar-refractivity contribution in [3.8, 4) is 0 Å². The van der Waals surface area contributed by atoms with Crippen molar-refractivity contribution in [2.75, 3.05) is 6.54 Å². The van der Waals surface area contributed by atoms with E-state index in [2.05, 4.69) is 21.2 Å². The van der Waals surface area contributed by atoms with Gasteiger partial charge in [-0.15, -0.1) is 0 Å². The highest BCUT2D eigenvalue weighted by Crippen LogP contribution is 2.20. The Hall–Kier alpha value is -0.970. The smallest absolute Gasteiger partial charge is 0.252 e. The molecule has 2 nitrogen and oxygen atoms in total. The van der Waals surface area contributed by atoms with Gasteiger partial charge in [0, 0.05) is 11.0 Å². The minimum atomic E-state index is -1.02. The Morgan fingerprint density at radius 1 is 1.38 bits per heavy atom. The topological polar surface area (TPSA) is 29.1 Å². The van der Waals surface area contributed by atoms with Crippen LogP contribution in [0.2, 0.25) is 0 Å². The molecule has 16 heavy (non-hydrogen) atoms. The Bertz CT molecular complexity index is 396. The first-order valence-corrected chi connectivity index (χ1v) is 5.78. The summed E-state index contributed by atoms with van der Waals surface area (Å²) in [5, 5.41) is 2.63. The van der Waals surface area contributed by atoms with Crippen LogP contribution in [-0.2, 0) is 0 Å². The first-order chi connectivity index (χ1) is 7.56. The third kappa shape index (κ3) is 3.27. The van der Waals surface area contributed by atoms with Crippen LogP contribution >= 0.6 is 15.9 Å². The van der Waals surface area contributed by atoms with Crippen LogP contribution in [0.5, 0.6) is 0 Å². The van der Waals surface area contributed by atoms with Crippen LogP contribution in [0.3, 0.4) is 0 Å². The number of carbonyl (C=O) groups is 1. The predicted octanol–water partition coefficient (Wildman–Crippen LogP) is 3.26. The van der Waals surface area contributed by atoms with E-state index in [0.29, 0.717) is 6.54 Å². The van der Waals surface area contributed by atoms with Crippen molar-refractivity contribution in [1.82, 2.24) is 5.32 Å². The van der Waals surface area contributed by atoms with Crippen molar-refractivity contribution in [1.29, 1.82) is 0 Å². The average molecular weight is 292 g/mol. The molecule has 0 atom stereocenters. The van der Waals surface area contributed by atoms with E-state index in [1.165, 1.54) is 0 Å². The Balaban J connectivity index is 2.79. The minimum Gasteiger partial charge on any atom is -0.352 e. The van der Waals surface area contributed by atoms with Crippen molar-refractivity contribution >= 4 is 21.8 Å². The van der Waals surface area contributed by atoms with Gasteiger partial charge in [-0.1, -0.05) is 13.3 Å². The van der Waals surface area contributed by atoms with E-state index >= 15 is 0 Å². The number of nitrogens with one attached hydrogen (secondary N) is 1. The van der Waals surface area contributed by atoms with Crippen molar-refractivity contribution in [2.45, 2.75) is 19.8 Å². The molecule has 1 aromatic rings. The SMILES string of the molecule is CCCCNC(=O)c1cc(F)c(F)cc1Br. The number of hydrogen-bond donors (Lipinski definition) is 1. The summed E-state index contributed by atoms with van der Waals surface area (Å²) in [5.74, 6) is -2.40. The van der Waals surface area contributed by atoms with Crippen LogP contribution in [0.1, 0.15) is 30.1 Å². The molecule has 0 unspecified atom stereocenters. The zero-order valence-corrected chi connectivity index (χ0v) is 10.4. The van der Waals surface area contributed by atoms with E-state index in [1.807, 2.05) is 6.92 Å². The van der Waals surface area contributed by atoms with E-state index in [1.54, 1.807) is 0 Å². The lowest BCUT2D eigenvalue weighted by Crippen LogP contribution is -2.24. The summed E-state index contributed by atoms with van der Waals surface area (Å²) in [4.78, 5) is 11.6. The maximum absolute atomic E-state index is 12.9. The van der Waals surface area contributed by atoms with Gasteiger partial charge in [-0.3, -0.25) is 4.79 Å². The minimum absolute atomic E-state index is 0.106. The lowest BCUT2D eigenvalue weighted by Gasteiger charge is -2.06. The van der Waals surface area contributed by atoms with Gasteiger partial charge in [0.1, 0.15) is 0 Å². The van der Waals surface area contributed by atoms with Gasteiger partial charge in [-0.05, 0) is 34.5 Å². The molecule has 1 rings (SSSR count). The third-order valence-electron chi connectivity index (χ3n) is 2.07. The molecule has 0 aliphatic carbocycles. The summed E-state index contributed by atoms with van der Waals surface area (Å²) in [6.07, 6.45) is 1.81. The Morgan fingerprint density at radius 3 is 2.62 bits per heavy atom. The number of amides is 1. The van der Waals surface area contributed by atoms with Crippen molar-refractivity contribution in [2.24, 2.45) is 0 Å². The number of halogens is 3. The highest BCUT2D eigenvalue weighted by atomic mass is 79.9. The van der Waals surface area contributed by atoms with Gasteiger partial charge in [0.15, 0.2) is 11.6 Å². The standard InChI is InChI=1S/C11H12BrF2NO/c1-2-3-4-15-11(16)7-5-9(13)10(14)6-8(7)12/h5-6H,2-4H2,1H3,(H,15,16). The fraction of sp³-hybridized carbons (Fsp3) is 0.364. The summed E-state index contributed by atoms with van der Waals surface area (Å²) >= 11 is 3.02. The van der Waals surface area contributed by atoms with Crippen molar-refractivity contribution < 1.29 is 13.6 Å². The molecule has 5 heteroatoms. The van der Waals surface area contributed by atoms with Gasteiger partial charge in [-0.25, -0.2) is 8.78 Å². The fourth-order valence-corrected chi connectivity index (χ4v) is 1.67. The summed E-state index contributed by atoms with van der Waals surface area (Å²) in [7, 11) is 0. The Morgan fingerprint density at radius 2 is 2.00 bits per heavy atom. The maximum atomic E-state index is 12.9. The molecule has 0 aromatic heterocycles. The average Bonchev–Trinajstić information content (AvgIpc) is 2.23. The Kier molecular flexibility index (Phi) is 4.86. The quantitative estimate of drug-likeness (QED) is 0.670. The predicted molar refractivity (Wildman–Crippen MR) is 61.3 cm³/mol. The van der Waals surface area contributed by atoms with Crippen LogP contribution in [0.15, 0.2) is 16.6 Å². The summed E-state index contributed by atoms with van der Waals surface area (Å²) in [6.45, 7) is 2.53. The molecule has 0 saturated carbocycles. The molecule has 0 spiro atoms. The number of benzene rings is 1. The molecule has 0 bridgehead atoms. The van der Waals surface area contributed by atoms with E-state index in [-0.39, 0.29) is 10.0 Å². The van der Waals surface area contributed by atoms with Gasteiger partial charge < -0.3 is 5.32 Å². The summed E-state index contributed by atoms with van der Waals surface area (Å²) < 4.78 is 26.0. The molecule has 0 fully saturated rings. The van der Waals surface area contributed by atoms with E-state index < -0.39 is 17.5 Å². The van der Waals surface area contributed by atoms with E-state index in [4.69, 9.17) is 0 Å². The molecule has 0 radical (unpaired) electrons. The molecule has 88 valence electrons. The second kappa shape index (κ2) is 5.94. The Labute approximate surface area is 101 Å². The van der Waals surface area contributed by atoms with Gasteiger partial charge >= 0.3 is 0 Å². The van der Waals surface area contributed by atoms with Gasteiger partial charge in [0.2, 0.25) is 0 Å². The van der Waals surface area contributed by atoms with Crippen LogP contribution in [0.4, 0.5) is 8.78 Å². The molecule has 0 aliphatic rings. The normalized spacial score (nSPS) is 10.2. The van der Waals surface area contributed by atoms with Gasteiger partial charge in [0.25, 0.3) is 5.91 Å².